The van der Waals surface area contributed by atoms with Gasteiger partial charge in [0.05, 0.1) is 16.8 Å². The number of ether oxygens (including phenoxy) is 4. The SMILES string of the molecule is [2H]C1([2H])Oc2ccc(CC([2H])([2H])N3C([2H])([2H])C([2H])([2H])C([2H])([2H])[C@@]([2H])(O)C3([2H])[2H])cc2O1.[2H]C1([2H])Oc2ccc(CC([2H])([2H])N3C([2H])([2H])C([2H])([2H])C([2H])([2H])[C@@]3([2H])C([2H])([2H])O)cc2O1. The highest BCUT2D eigenvalue weighted by atomic mass is 16.7. The van der Waals surface area contributed by atoms with E-state index in [1.165, 1.54) is 36.4 Å². The number of β-amino-alcohol motifs (C(OH)–C–C–N with tert-alkyl or cyclic N) is 1. The summed E-state index contributed by atoms with van der Waals surface area (Å²) in [6.07, 6.45) is -20.2. The molecular formula is C28H38N2O6. The first-order chi connectivity index (χ1) is 27.2. The van der Waals surface area contributed by atoms with Crippen molar-refractivity contribution in [3.05, 3.63) is 47.5 Å². The van der Waals surface area contributed by atoms with Gasteiger partial charge in [0.15, 0.2) is 23.0 Å². The maximum atomic E-state index is 10.3. The molecule has 196 valence electrons. The second kappa shape index (κ2) is 12.1. The van der Waals surface area contributed by atoms with E-state index < -0.39 is 103 Å². The van der Waals surface area contributed by atoms with Crippen molar-refractivity contribution in [2.75, 3.05) is 52.5 Å². The van der Waals surface area contributed by atoms with Crippen molar-refractivity contribution >= 4 is 0 Å². The number of aliphatic hydroxyl groups is 2. The van der Waals surface area contributed by atoms with Crippen molar-refractivity contribution in [1.82, 2.24) is 9.80 Å². The third kappa shape index (κ3) is 6.42. The van der Waals surface area contributed by atoms with Gasteiger partial charge in [-0.15, -0.1) is 0 Å². The first kappa shape index (κ1) is 8.76. The monoisotopic (exact) mass is 524 g/mol. The second-order valence-electron chi connectivity index (χ2n) is 7.12. The molecule has 2 saturated heterocycles. The third-order valence-electron chi connectivity index (χ3n) is 4.75. The fourth-order valence-electron chi connectivity index (χ4n) is 3.05. The summed E-state index contributed by atoms with van der Waals surface area (Å²) in [5.41, 5.74) is 0.106. The molecule has 2 aromatic carbocycles. The summed E-state index contributed by atoms with van der Waals surface area (Å²) in [5, 5.41) is 20.3. The van der Waals surface area contributed by atoms with Crippen molar-refractivity contribution in [2.45, 2.75) is 50.4 Å². The van der Waals surface area contributed by atoms with Crippen LogP contribution in [0.25, 0.3) is 0 Å². The number of aryl methyl sites for hydroxylation is 2. The molecule has 4 aliphatic heterocycles. The van der Waals surface area contributed by atoms with Gasteiger partial charge in [0.1, 0.15) is 5.48 Å². The number of likely N-dealkylation sites (tertiary alicyclic amines) is 2. The lowest BCUT2D eigenvalue weighted by molar-refractivity contribution is 0.0714. The smallest absolute Gasteiger partial charge is 0.231 e. The molecule has 0 spiro atoms. The van der Waals surface area contributed by atoms with Gasteiger partial charge in [-0.2, -0.15) is 0 Å². The summed E-state index contributed by atoms with van der Waals surface area (Å²) in [5.74, 6) is -0.155. The topological polar surface area (TPSA) is 83.9 Å². The van der Waals surface area contributed by atoms with Crippen LogP contribution >= 0.6 is 0 Å². The number of hydrogen-bond donors (Lipinski definition) is 2. The number of nitrogens with zero attached hydrogens (tertiary/aromatic N) is 2. The number of piperidine rings is 1. The molecule has 2 fully saturated rings. The molecule has 0 amide bonds. The van der Waals surface area contributed by atoms with Crippen LogP contribution in [0.15, 0.2) is 36.4 Å². The molecule has 36 heavy (non-hydrogen) atoms. The normalized spacial score (nSPS) is 51.5. The Morgan fingerprint density at radius 1 is 0.861 bits per heavy atom. The van der Waals surface area contributed by atoms with Crippen molar-refractivity contribution in [2.24, 2.45) is 0 Å². The summed E-state index contributed by atoms with van der Waals surface area (Å²) >= 11 is 0. The van der Waals surface area contributed by atoms with E-state index in [1.54, 1.807) is 0 Å². The van der Waals surface area contributed by atoms with Crippen LogP contribution in [0.5, 0.6) is 23.0 Å². The van der Waals surface area contributed by atoms with Crippen LogP contribution < -0.4 is 18.9 Å². The van der Waals surface area contributed by atoms with Crippen LogP contribution in [0, 0.1) is 0 Å². The molecule has 0 aromatic heterocycles. The predicted molar refractivity (Wildman–Crippen MR) is 136 cm³/mol. The average Bonchev–Trinajstić information content (AvgIpc) is 3.56. The summed E-state index contributed by atoms with van der Waals surface area (Å²) in [7, 11) is 0. The fraction of sp³-hybridized carbons (Fsp3) is 0.571. The summed E-state index contributed by atoms with van der Waals surface area (Å²) in [6.45, 7) is -25.8. The van der Waals surface area contributed by atoms with E-state index in [0.717, 1.165) is 0 Å². The largest absolute Gasteiger partial charge is 0.454 e. The number of rotatable bonds is 7. The first-order valence-corrected chi connectivity index (χ1v) is 10.3. The number of hydrogen-bond acceptors (Lipinski definition) is 8. The van der Waals surface area contributed by atoms with Crippen LogP contribution in [0.1, 0.15) is 72.3 Å². The van der Waals surface area contributed by atoms with Gasteiger partial charge in [-0.3, -0.25) is 4.90 Å². The highest BCUT2D eigenvalue weighted by Gasteiger charge is 2.23. The van der Waals surface area contributed by atoms with Gasteiger partial charge in [-0.05, 0) is 86.7 Å². The molecule has 0 bridgehead atoms. The zero-order valence-electron chi connectivity index (χ0n) is 44.3. The van der Waals surface area contributed by atoms with E-state index in [-0.39, 0.29) is 43.9 Å². The minimum absolute atomic E-state index is 0.0139. The lowest BCUT2D eigenvalue weighted by Gasteiger charge is -2.29. The molecule has 8 heteroatoms. The van der Waals surface area contributed by atoms with Gasteiger partial charge in [-0.25, -0.2) is 0 Å². The van der Waals surface area contributed by atoms with Gasteiger partial charge < -0.3 is 34.1 Å². The zero-order chi connectivity index (χ0) is 48.1. The maximum Gasteiger partial charge on any atom is 0.231 e. The molecule has 4 aliphatic rings. The van der Waals surface area contributed by atoms with E-state index in [9.17, 15) is 10.2 Å². The van der Waals surface area contributed by atoms with Gasteiger partial charge >= 0.3 is 0 Å². The second-order valence-corrected chi connectivity index (χ2v) is 7.12. The molecule has 0 aliphatic carbocycles. The van der Waals surface area contributed by atoms with E-state index >= 15 is 0 Å². The van der Waals surface area contributed by atoms with Crippen molar-refractivity contribution in [3.8, 4) is 23.0 Å². The van der Waals surface area contributed by atoms with Crippen molar-refractivity contribution in [3.63, 3.8) is 0 Å². The van der Waals surface area contributed by atoms with Crippen LogP contribution in [0.3, 0.4) is 0 Å². The molecule has 2 aromatic rings. The lowest BCUT2D eigenvalue weighted by Crippen LogP contribution is -2.39. The molecule has 8 nitrogen and oxygen atoms in total. The summed E-state index contributed by atoms with van der Waals surface area (Å²) < 4.78 is 225. The maximum absolute atomic E-state index is 10.3. The van der Waals surface area contributed by atoms with Crippen LogP contribution in [0.4, 0.5) is 0 Å². The summed E-state index contributed by atoms with van der Waals surface area (Å²) in [4.78, 5) is -0.554. The summed E-state index contributed by atoms with van der Waals surface area (Å²) in [6, 6.07) is 3.68. The zero-order valence-corrected chi connectivity index (χ0v) is 18.3. The highest BCUT2D eigenvalue weighted by Crippen LogP contribution is 2.33. The Labute approximate surface area is 249 Å². The Morgan fingerprint density at radius 2 is 1.47 bits per heavy atom. The van der Waals surface area contributed by atoms with Gasteiger partial charge in [-0.1, -0.05) is 12.1 Å². The first-order valence-electron chi connectivity index (χ1n) is 23.3. The number of fused-ring (bicyclic) bond motifs is 2. The molecule has 0 unspecified atom stereocenters. The van der Waals surface area contributed by atoms with Gasteiger partial charge in [0, 0.05) is 51.6 Å². The van der Waals surface area contributed by atoms with Gasteiger partial charge in [0.2, 0.25) is 13.5 Å². The third-order valence-corrected chi connectivity index (χ3v) is 4.75. The lowest BCUT2D eigenvalue weighted by atomic mass is 10.1. The molecule has 0 radical (unpaired) electrons. The molecule has 0 saturated carbocycles. The Hall–Kier alpha value is -2.52. The van der Waals surface area contributed by atoms with E-state index in [2.05, 4.69) is 0 Å². The molecule has 2 atom stereocenters. The standard InChI is InChI=1S/2C14H19NO3/c16-9-12-2-1-6-15(12)7-5-11-3-4-13-14(8-11)18-10-17-13;16-12-2-1-6-15(9-12)7-5-11-3-4-13-14(8-11)18-10-17-13/h2*3-4,8,12,16H,1-2,5-7,9-10H2/t2*12-/m01/s1/i2*1D2,2D2,6D2,7D2,9D2,10D2,12D. The van der Waals surface area contributed by atoms with Crippen LogP contribution in [0.2, 0.25) is 0 Å². The Bertz CT molecular complexity index is 2060. The van der Waals surface area contributed by atoms with Crippen LogP contribution in [-0.4, -0.2) is 84.6 Å². The van der Waals surface area contributed by atoms with Gasteiger partial charge in [0.25, 0.3) is 0 Å². The molecular weight excluding hydrogens is 460 g/mol. The fourth-order valence-corrected chi connectivity index (χ4v) is 3.05. The highest BCUT2D eigenvalue weighted by molar-refractivity contribution is 5.45. The quantitative estimate of drug-likeness (QED) is 0.572. The van der Waals surface area contributed by atoms with Crippen LogP contribution in [-0.2, 0) is 12.8 Å². The minimum Gasteiger partial charge on any atom is -0.454 e. The van der Waals surface area contributed by atoms with E-state index in [1.807, 2.05) is 0 Å². The predicted octanol–water partition coefficient (Wildman–Crippen LogP) is 2.83. The van der Waals surface area contributed by atoms with Crippen molar-refractivity contribution < 1.29 is 64.8 Å². The average molecular weight is 525 g/mol. The number of benzene rings is 2. The molecule has 6 rings (SSSR count). The Kier molecular flexibility index (Phi) is 2.96. The Morgan fingerprint density at radius 3 is 2.14 bits per heavy atom. The van der Waals surface area contributed by atoms with Crippen molar-refractivity contribution in [1.29, 1.82) is 0 Å². The minimum atomic E-state index is -3.88. The Balaban J connectivity index is 0.000000234. The molecule has 2 N–H and O–H groups in total. The molecule has 4 heterocycles. The van der Waals surface area contributed by atoms with E-state index in [0.29, 0.717) is 0 Å². The van der Waals surface area contributed by atoms with E-state index in [4.69, 9.17) is 54.6 Å².